The Labute approximate surface area is 126 Å². The van der Waals surface area contributed by atoms with Gasteiger partial charge in [0.25, 0.3) is 5.91 Å². The van der Waals surface area contributed by atoms with Crippen LogP contribution in [0.4, 0.5) is 0 Å². The van der Waals surface area contributed by atoms with Crippen molar-refractivity contribution < 1.29 is 13.2 Å². The van der Waals surface area contributed by atoms with Crippen molar-refractivity contribution in [2.24, 2.45) is 11.7 Å². The van der Waals surface area contributed by atoms with Gasteiger partial charge in [0.05, 0.1) is 10.5 Å². The van der Waals surface area contributed by atoms with E-state index >= 15 is 0 Å². The lowest BCUT2D eigenvalue weighted by Crippen LogP contribution is -2.45. The van der Waals surface area contributed by atoms with Crippen LogP contribution in [0.2, 0.25) is 0 Å². The van der Waals surface area contributed by atoms with Gasteiger partial charge in [-0.1, -0.05) is 12.1 Å². The minimum atomic E-state index is -3.42. The first-order valence-electron chi connectivity index (χ1n) is 7.14. The summed E-state index contributed by atoms with van der Waals surface area (Å²) in [6.07, 6.45) is 3.04. The number of carbonyl (C=O) groups excluding carboxylic acids is 1. The zero-order chi connectivity index (χ0) is 15.6. The summed E-state index contributed by atoms with van der Waals surface area (Å²) in [5.74, 6) is 0.0504. The van der Waals surface area contributed by atoms with Gasteiger partial charge in [-0.2, -0.15) is 0 Å². The van der Waals surface area contributed by atoms with Crippen LogP contribution in [0.1, 0.15) is 30.1 Å². The minimum absolute atomic E-state index is 0.0331. The second-order valence-electron chi connectivity index (χ2n) is 5.78. The molecule has 1 fully saturated rings. The topological polar surface area (TPSA) is 80.5 Å². The third-order valence-corrected chi connectivity index (χ3v) is 5.16. The maximum atomic E-state index is 12.7. The first-order valence-corrected chi connectivity index (χ1v) is 9.04. The number of hydrogen-bond donors (Lipinski definition) is 1. The van der Waals surface area contributed by atoms with Crippen molar-refractivity contribution in [2.75, 3.05) is 19.3 Å². The molecule has 1 amide bonds. The summed E-state index contributed by atoms with van der Waals surface area (Å²) in [6.45, 7) is 3.19. The van der Waals surface area contributed by atoms with Gasteiger partial charge < -0.3 is 10.6 Å². The van der Waals surface area contributed by atoms with Gasteiger partial charge in [0, 0.05) is 25.4 Å². The molecule has 0 aliphatic carbocycles. The van der Waals surface area contributed by atoms with Crippen LogP contribution in [0.25, 0.3) is 0 Å². The lowest BCUT2D eigenvalue weighted by atomic mass is 9.92. The number of piperidine rings is 1. The highest BCUT2D eigenvalue weighted by atomic mass is 32.2. The predicted octanol–water partition coefficient (Wildman–Crippen LogP) is 1.29. The average Bonchev–Trinajstić information content (AvgIpc) is 2.45. The molecule has 116 valence electrons. The Bertz CT molecular complexity index is 626. The summed E-state index contributed by atoms with van der Waals surface area (Å²) in [4.78, 5) is 14.5. The van der Waals surface area contributed by atoms with Crippen LogP contribution in [0, 0.1) is 5.92 Å². The van der Waals surface area contributed by atoms with Crippen molar-refractivity contribution >= 4 is 15.7 Å². The van der Waals surface area contributed by atoms with Gasteiger partial charge in [0.1, 0.15) is 0 Å². The third kappa shape index (κ3) is 3.63. The van der Waals surface area contributed by atoms with E-state index in [0.717, 1.165) is 19.1 Å². The van der Waals surface area contributed by atoms with Crippen LogP contribution in [0.5, 0.6) is 0 Å². The molecule has 0 saturated carbocycles. The number of amides is 1. The lowest BCUT2D eigenvalue weighted by Gasteiger charge is -2.35. The summed E-state index contributed by atoms with van der Waals surface area (Å²) in [5.41, 5.74) is 6.19. The smallest absolute Gasteiger partial charge is 0.255 e. The summed E-state index contributed by atoms with van der Waals surface area (Å²) >= 11 is 0. The fourth-order valence-electron chi connectivity index (χ4n) is 2.76. The van der Waals surface area contributed by atoms with Crippen molar-refractivity contribution in [3.05, 3.63) is 29.8 Å². The van der Waals surface area contributed by atoms with E-state index in [2.05, 4.69) is 0 Å². The minimum Gasteiger partial charge on any atom is -0.338 e. The largest absolute Gasteiger partial charge is 0.338 e. The number of sulfone groups is 1. The normalized spacial score (nSPS) is 21.1. The molecule has 0 spiro atoms. The van der Waals surface area contributed by atoms with E-state index in [4.69, 9.17) is 5.73 Å². The van der Waals surface area contributed by atoms with Gasteiger partial charge in [-0.05, 0) is 37.8 Å². The van der Waals surface area contributed by atoms with E-state index in [0.29, 0.717) is 13.1 Å². The zero-order valence-electron chi connectivity index (χ0n) is 12.5. The quantitative estimate of drug-likeness (QED) is 0.912. The summed E-state index contributed by atoms with van der Waals surface area (Å²) < 4.78 is 23.6. The molecule has 2 atom stereocenters. The highest BCUT2D eigenvalue weighted by Gasteiger charge is 2.28. The Kier molecular flexibility index (Phi) is 4.68. The molecule has 1 saturated heterocycles. The molecule has 21 heavy (non-hydrogen) atoms. The van der Waals surface area contributed by atoms with Gasteiger partial charge in [0.15, 0.2) is 9.84 Å². The fourth-order valence-corrected chi connectivity index (χ4v) is 3.64. The van der Waals surface area contributed by atoms with E-state index in [1.165, 1.54) is 6.07 Å². The number of benzene rings is 1. The Hall–Kier alpha value is -1.40. The molecule has 6 heteroatoms. The number of nitrogens with two attached hydrogens (primary N) is 1. The van der Waals surface area contributed by atoms with Crippen LogP contribution in [-0.4, -0.2) is 44.6 Å². The molecule has 2 N–H and O–H groups in total. The zero-order valence-corrected chi connectivity index (χ0v) is 13.3. The number of likely N-dealkylation sites (tertiary alicyclic amines) is 1. The van der Waals surface area contributed by atoms with E-state index in [9.17, 15) is 13.2 Å². The first kappa shape index (κ1) is 16.0. The van der Waals surface area contributed by atoms with E-state index in [-0.39, 0.29) is 28.3 Å². The summed E-state index contributed by atoms with van der Waals surface area (Å²) in [7, 11) is -3.42. The van der Waals surface area contributed by atoms with Gasteiger partial charge in [-0.15, -0.1) is 0 Å². The van der Waals surface area contributed by atoms with Gasteiger partial charge in [-0.3, -0.25) is 4.79 Å². The molecule has 5 nitrogen and oxygen atoms in total. The highest BCUT2D eigenvalue weighted by molar-refractivity contribution is 7.90. The van der Waals surface area contributed by atoms with Gasteiger partial charge in [0.2, 0.25) is 0 Å². The molecule has 1 aliphatic heterocycles. The fraction of sp³-hybridized carbons (Fsp3) is 0.533. The SMILES string of the molecule is CC(N)C1CCCN(C(=O)c2ccccc2S(C)(=O)=O)C1. The van der Waals surface area contributed by atoms with Crippen LogP contribution < -0.4 is 5.73 Å². The Morgan fingerprint density at radius 1 is 1.38 bits per heavy atom. The Balaban J connectivity index is 2.29. The monoisotopic (exact) mass is 310 g/mol. The number of rotatable bonds is 3. The molecule has 2 unspecified atom stereocenters. The van der Waals surface area contributed by atoms with Crippen LogP contribution >= 0.6 is 0 Å². The maximum Gasteiger partial charge on any atom is 0.255 e. The summed E-state index contributed by atoms with van der Waals surface area (Å²) in [6, 6.07) is 6.41. The van der Waals surface area contributed by atoms with Crippen LogP contribution in [0.15, 0.2) is 29.2 Å². The molecule has 0 bridgehead atoms. The summed E-state index contributed by atoms with van der Waals surface area (Å²) in [5, 5.41) is 0. The molecule has 1 heterocycles. The van der Waals surface area contributed by atoms with E-state index in [1.807, 2.05) is 6.92 Å². The van der Waals surface area contributed by atoms with Crippen molar-refractivity contribution in [2.45, 2.75) is 30.7 Å². The van der Waals surface area contributed by atoms with Gasteiger partial charge in [-0.25, -0.2) is 8.42 Å². The molecular formula is C15H22N2O3S. The van der Waals surface area contributed by atoms with Crippen molar-refractivity contribution in [1.82, 2.24) is 4.90 Å². The second-order valence-corrected chi connectivity index (χ2v) is 7.77. The van der Waals surface area contributed by atoms with E-state index in [1.54, 1.807) is 23.1 Å². The molecule has 1 aliphatic rings. The molecule has 1 aromatic carbocycles. The molecule has 2 rings (SSSR count). The molecule has 0 aromatic heterocycles. The van der Waals surface area contributed by atoms with Crippen molar-refractivity contribution in [1.29, 1.82) is 0 Å². The van der Waals surface area contributed by atoms with Gasteiger partial charge >= 0.3 is 0 Å². The predicted molar refractivity (Wildman–Crippen MR) is 81.8 cm³/mol. The van der Waals surface area contributed by atoms with Crippen molar-refractivity contribution in [3.63, 3.8) is 0 Å². The van der Waals surface area contributed by atoms with E-state index < -0.39 is 9.84 Å². The Morgan fingerprint density at radius 2 is 2.05 bits per heavy atom. The molecule has 1 aromatic rings. The maximum absolute atomic E-state index is 12.7. The number of nitrogens with zero attached hydrogens (tertiary/aromatic N) is 1. The second kappa shape index (κ2) is 6.15. The van der Waals surface area contributed by atoms with Crippen LogP contribution in [0.3, 0.4) is 0 Å². The van der Waals surface area contributed by atoms with Crippen LogP contribution in [-0.2, 0) is 9.84 Å². The highest BCUT2D eigenvalue weighted by Crippen LogP contribution is 2.23. The molecule has 0 radical (unpaired) electrons. The standard InChI is InChI=1S/C15H22N2O3S/c1-11(16)12-6-5-9-17(10-12)15(18)13-7-3-4-8-14(13)21(2,19)20/h3-4,7-8,11-12H,5-6,9-10,16H2,1-2H3. The average molecular weight is 310 g/mol. The third-order valence-electron chi connectivity index (χ3n) is 4.01. The number of carbonyl (C=O) groups is 1. The van der Waals surface area contributed by atoms with Crippen molar-refractivity contribution in [3.8, 4) is 0 Å². The molecular weight excluding hydrogens is 288 g/mol. The first-order chi connectivity index (χ1) is 9.80. The number of hydrogen-bond acceptors (Lipinski definition) is 4. The Morgan fingerprint density at radius 3 is 2.67 bits per heavy atom. The lowest BCUT2D eigenvalue weighted by molar-refractivity contribution is 0.0657.